The number of aliphatic carboxylic acids is 1. The molecule has 0 radical (unpaired) electrons. The zero-order valence-electron chi connectivity index (χ0n) is 13.3. The van der Waals surface area contributed by atoms with Gasteiger partial charge in [-0.25, -0.2) is 4.98 Å². The first kappa shape index (κ1) is 16.7. The third-order valence-electron chi connectivity index (χ3n) is 4.25. The highest BCUT2D eigenvalue weighted by atomic mass is 32.1. The first-order valence-corrected chi connectivity index (χ1v) is 9.01. The minimum Gasteiger partial charge on any atom is -0.481 e. The third kappa shape index (κ3) is 4.03. The molecule has 2 aromatic heterocycles. The summed E-state index contributed by atoms with van der Waals surface area (Å²) in [4.78, 5) is 30.6. The van der Waals surface area contributed by atoms with Crippen molar-refractivity contribution < 1.29 is 19.1 Å². The number of rotatable bonds is 6. The van der Waals surface area contributed by atoms with Crippen LogP contribution in [-0.4, -0.2) is 39.5 Å². The molecule has 1 amide bonds. The molecule has 24 heavy (non-hydrogen) atoms. The van der Waals surface area contributed by atoms with Gasteiger partial charge in [-0.1, -0.05) is 6.07 Å². The fraction of sp³-hybridized carbons (Fsp3) is 0.471. The van der Waals surface area contributed by atoms with Crippen molar-refractivity contribution in [2.45, 2.75) is 44.6 Å². The van der Waals surface area contributed by atoms with E-state index in [-0.39, 0.29) is 24.8 Å². The molecule has 1 atom stereocenters. The Kier molecular flexibility index (Phi) is 5.30. The van der Waals surface area contributed by atoms with Crippen molar-refractivity contribution in [2.75, 3.05) is 6.54 Å². The predicted molar refractivity (Wildman–Crippen MR) is 89.7 cm³/mol. The topological polar surface area (TPSA) is 83.6 Å². The molecule has 1 fully saturated rings. The first-order valence-electron chi connectivity index (χ1n) is 8.13. The number of likely N-dealkylation sites (tertiary alicyclic amines) is 1. The second-order valence-electron chi connectivity index (χ2n) is 5.97. The number of nitrogens with zero attached hydrogens (tertiary/aromatic N) is 2. The van der Waals surface area contributed by atoms with Crippen LogP contribution in [0.2, 0.25) is 0 Å². The minimum atomic E-state index is -0.815. The van der Waals surface area contributed by atoms with Crippen LogP contribution in [0.5, 0.6) is 0 Å². The van der Waals surface area contributed by atoms with Crippen LogP contribution >= 0.6 is 11.3 Å². The van der Waals surface area contributed by atoms with Gasteiger partial charge in [-0.2, -0.15) is 0 Å². The number of hydrogen-bond donors (Lipinski definition) is 1. The number of carboxylic acids is 1. The van der Waals surface area contributed by atoms with Gasteiger partial charge in [-0.15, -0.1) is 11.3 Å². The second-order valence-corrected chi connectivity index (χ2v) is 6.91. The van der Waals surface area contributed by atoms with Gasteiger partial charge in [0.2, 0.25) is 11.8 Å². The predicted octanol–water partition coefficient (Wildman–Crippen LogP) is 3.19. The van der Waals surface area contributed by atoms with E-state index in [0.717, 1.165) is 24.1 Å². The summed E-state index contributed by atoms with van der Waals surface area (Å²) in [7, 11) is 0. The highest BCUT2D eigenvalue weighted by molar-refractivity contribution is 7.13. The number of amides is 1. The molecule has 3 rings (SSSR count). The first-order chi connectivity index (χ1) is 11.6. The van der Waals surface area contributed by atoms with Crippen molar-refractivity contribution in [2.24, 2.45) is 0 Å². The number of carboxylic acid groups (broad SMARTS) is 1. The largest absolute Gasteiger partial charge is 0.481 e. The van der Waals surface area contributed by atoms with E-state index in [2.05, 4.69) is 4.98 Å². The van der Waals surface area contributed by atoms with Gasteiger partial charge >= 0.3 is 5.97 Å². The van der Waals surface area contributed by atoms with Crippen LogP contribution in [0.25, 0.3) is 10.8 Å². The van der Waals surface area contributed by atoms with Crippen molar-refractivity contribution >= 4 is 23.2 Å². The molecule has 1 aliphatic rings. The maximum Gasteiger partial charge on any atom is 0.303 e. The normalized spacial score (nSPS) is 17.8. The van der Waals surface area contributed by atoms with Gasteiger partial charge in [0.25, 0.3) is 0 Å². The molecule has 0 aliphatic carbocycles. The maximum absolute atomic E-state index is 12.6. The van der Waals surface area contributed by atoms with Crippen LogP contribution in [0, 0.1) is 0 Å². The Bertz CT molecular complexity index is 695. The van der Waals surface area contributed by atoms with E-state index in [1.54, 1.807) is 0 Å². The number of hydrogen-bond acceptors (Lipinski definition) is 5. The lowest BCUT2D eigenvalue weighted by Crippen LogP contribution is -2.44. The Labute approximate surface area is 144 Å². The Morgan fingerprint density at radius 1 is 1.42 bits per heavy atom. The van der Waals surface area contributed by atoms with Crippen molar-refractivity contribution in [3.63, 3.8) is 0 Å². The number of aromatic nitrogens is 1. The van der Waals surface area contributed by atoms with E-state index in [4.69, 9.17) is 9.52 Å². The fourth-order valence-corrected chi connectivity index (χ4v) is 3.73. The molecule has 0 unspecified atom stereocenters. The monoisotopic (exact) mass is 348 g/mol. The molecule has 0 aromatic carbocycles. The van der Waals surface area contributed by atoms with Crippen molar-refractivity contribution in [3.8, 4) is 10.8 Å². The minimum absolute atomic E-state index is 0.00359. The Morgan fingerprint density at radius 3 is 3.04 bits per heavy atom. The van der Waals surface area contributed by atoms with Crippen molar-refractivity contribution in [1.82, 2.24) is 9.88 Å². The standard InChI is InChI=1S/C17H20N2O4S/c20-15(19-8-2-1-4-13(19)6-7-16(21)22)10-12-11-23-17(18-12)14-5-3-9-24-14/h3,5,9,11,13H,1-2,4,6-8,10H2,(H,21,22)/t13-/m1/s1. The molecular weight excluding hydrogens is 328 g/mol. The zero-order valence-corrected chi connectivity index (χ0v) is 14.1. The molecule has 1 saturated heterocycles. The number of oxazole rings is 1. The second kappa shape index (κ2) is 7.61. The van der Waals surface area contributed by atoms with Crippen LogP contribution < -0.4 is 0 Å². The van der Waals surface area contributed by atoms with E-state index >= 15 is 0 Å². The van der Waals surface area contributed by atoms with Gasteiger partial charge in [-0.3, -0.25) is 9.59 Å². The summed E-state index contributed by atoms with van der Waals surface area (Å²) in [6.07, 6.45) is 5.22. The highest BCUT2D eigenvalue weighted by Gasteiger charge is 2.27. The molecule has 0 saturated carbocycles. The van der Waals surface area contributed by atoms with Crippen LogP contribution in [0.3, 0.4) is 0 Å². The molecule has 3 heterocycles. The Hall–Kier alpha value is -2.15. The lowest BCUT2D eigenvalue weighted by atomic mass is 9.97. The van der Waals surface area contributed by atoms with Crippen molar-refractivity contribution in [3.05, 3.63) is 29.5 Å². The zero-order chi connectivity index (χ0) is 16.9. The van der Waals surface area contributed by atoms with E-state index in [1.165, 1.54) is 17.6 Å². The smallest absolute Gasteiger partial charge is 0.303 e. The van der Waals surface area contributed by atoms with Gasteiger partial charge in [0.05, 0.1) is 17.0 Å². The van der Waals surface area contributed by atoms with E-state index in [9.17, 15) is 9.59 Å². The third-order valence-corrected chi connectivity index (χ3v) is 5.11. The Balaban J connectivity index is 1.63. The van der Waals surface area contributed by atoms with Crippen LogP contribution in [0.1, 0.15) is 37.8 Å². The highest BCUT2D eigenvalue weighted by Crippen LogP contribution is 2.25. The summed E-state index contributed by atoms with van der Waals surface area (Å²) < 4.78 is 5.45. The lowest BCUT2D eigenvalue weighted by Gasteiger charge is -2.35. The molecule has 0 spiro atoms. The van der Waals surface area contributed by atoms with E-state index < -0.39 is 5.97 Å². The van der Waals surface area contributed by atoms with E-state index in [0.29, 0.717) is 24.6 Å². The molecule has 128 valence electrons. The molecule has 0 bridgehead atoms. The maximum atomic E-state index is 12.6. The SMILES string of the molecule is O=C(O)CC[C@H]1CCCCN1C(=O)Cc1coc(-c2cccs2)n1. The van der Waals surface area contributed by atoms with Crippen LogP contribution in [0.15, 0.2) is 28.2 Å². The summed E-state index contributed by atoms with van der Waals surface area (Å²) in [5, 5.41) is 10.8. The quantitative estimate of drug-likeness (QED) is 0.867. The van der Waals surface area contributed by atoms with Crippen LogP contribution in [-0.2, 0) is 16.0 Å². The van der Waals surface area contributed by atoms with Gasteiger partial charge < -0.3 is 14.4 Å². The number of thiophene rings is 1. The lowest BCUT2D eigenvalue weighted by molar-refractivity contribution is -0.139. The van der Waals surface area contributed by atoms with Gasteiger partial charge in [0.15, 0.2) is 0 Å². The van der Waals surface area contributed by atoms with E-state index in [1.807, 2.05) is 22.4 Å². The average molecular weight is 348 g/mol. The average Bonchev–Trinajstić information content (AvgIpc) is 3.24. The Morgan fingerprint density at radius 2 is 2.29 bits per heavy atom. The summed E-state index contributed by atoms with van der Waals surface area (Å²) >= 11 is 1.54. The van der Waals surface area contributed by atoms with Crippen LogP contribution in [0.4, 0.5) is 0 Å². The molecular formula is C17H20N2O4S. The summed E-state index contributed by atoms with van der Waals surface area (Å²) in [6, 6.07) is 3.87. The molecule has 6 nitrogen and oxygen atoms in total. The van der Waals surface area contributed by atoms with Crippen molar-refractivity contribution in [1.29, 1.82) is 0 Å². The van der Waals surface area contributed by atoms with Gasteiger partial charge in [-0.05, 0) is 37.1 Å². The summed E-state index contributed by atoms with van der Waals surface area (Å²) in [5.74, 6) is -0.282. The fourth-order valence-electron chi connectivity index (χ4n) is 3.08. The summed E-state index contributed by atoms with van der Waals surface area (Å²) in [6.45, 7) is 0.693. The summed E-state index contributed by atoms with van der Waals surface area (Å²) in [5.41, 5.74) is 0.617. The molecule has 1 N–H and O–H groups in total. The molecule has 7 heteroatoms. The molecule has 2 aromatic rings. The number of carbonyl (C=O) groups is 2. The molecule has 1 aliphatic heterocycles. The van der Waals surface area contributed by atoms with Gasteiger partial charge in [0.1, 0.15) is 6.26 Å². The number of carbonyl (C=O) groups excluding carboxylic acids is 1. The number of piperidine rings is 1. The van der Waals surface area contributed by atoms with Gasteiger partial charge in [0, 0.05) is 19.0 Å².